The van der Waals surface area contributed by atoms with E-state index in [9.17, 15) is 9.59 Å². The third-order valence-electron chi connectivity index (χ3n) is 3.82. The second-order valence-electron chi connectivity index (χ2n) is 5.58. The first-order valence-electron chi connectivity index (χ1n) is 7.76. The van der Waals surface area contributed by atoms with Crippen LogP contribution in [0.2, 0.25) is 10.0 Å². The van der Waals surface area contributed by atoms with Gasteiger partial charge in [-0.25, -0.2) is 0 Å². The fourth-order valence-corrected chi connectivity index (χ4v) is 3.12. The van der Waals surface area contributed by atoms with Gasteiger partial charge in [0.25, 0.3) is 5.91 Å². The summed E-state index contributed by atoms with van der Waals surface area (Å²) in [6.45, 7) is 1.64. The van der Waals surface area contributed by atoms with E-state index >= 15 is 0 Å². The minimum absolute atomic E-state index is 0.261. The SMILES string of the molecule is Cc1onc(-c2c(Cl)cccc2Cl)c1C(=O)Nc1ccc(CC=O)cc1. The number of hydrogen-bond acceptors (Lipinski definition) is 4. The number of aldehydes is 1. The summed E-state index contributed by atoms with van der Waals surface area (Å²) in [5.41, 5.74) is 2.44. The monoisotopic (exact) mass is 388 g/mol. The van der Waals surface area contributed by atoms with Crippen molar-refractivity contribution in [1.82, 2.24) is 5.16 Å². The summed E-state index contributed by atoms with van der Waals surface area (Å²) in [6.07, 6.45) is 1.15. The number of benzene rings is 2. The Hall–Kier alpha value is -2.63. The highest BCUT2D eigenvalue weighted by atomic mass is 35.5. The molecule has 0 aliphatic carbocycles. The molecule has 26 heavy (non-hydrogen) atoms. The van der Waals surface area contributed by atoms with Crippen molar-refractivity contribution < 1.29 is 14.1 Å². The molecule has 3 rings (SSSR count). The van der Waals surface area contributed by atoms with E-state index in [4.69, 9.17) is 27.7 Å². The van der Waals surface area contributed by atoms with Gasteiger partial charge in [0.2, 0.25) is 0 Å². The van der Waals surface area contributed by atoms with E-state index < -0.39 is 5.91 Å². The van der Waals surface area contributed by atoms with Crippen molar-refractivity contribution >= 4 is 41.1 Å². The van der Waals surface area contributed by atoms with Crippen molar-refractivity contribution in [3.63, 3.8) is 0 Å². The molecular formula is C19H14Cl2N2O3. The van der Waals surface area contributed by atoms with Crippen molar-refractivity contribution in [2.24, 2.45) is 0 Å². The van der Waals surface area contributed by atoms with E-state index in [0.717, 1.165) is 11.8 Å². The van der Waals surface area contributed by atoms with E-state index in [1.807, 2.05) is 0 Å². The van der Waals surface area contributed by atoms with Crippen LogP contribution in [0.1, 0.15) is 21.7 Å². The second kappa shape index (κ2) is 7.72. The van der Waals surface area contributed by atoms with Crippen LogP contribution >= 0.6 is 23.2 Å². The maximum Gasteiger partial charge on any atom is 0.261 e. The Morgan fingerprint density at radius 2 is 1.81 bits per heavy atom. The lowest BCUT2D eigenvalue weighted by Gasteiger charge is -2.08. The van der Waals surface area contributed by atoms with E-state index in [1.165, 1.54) is 0 Å². The van der Waals surface area contributed by atoms with Crippen LogP contribution in [0.5, 0.6) is 0 Å². The van der Waals surface area contributed by atoms with Gasteiger partial charge in [0.1, 0.15) is 23.3 Å². The standard InChI is InChI=1S/C19H14Cl2N2O3/c1-11-16(18(23-26-11)17-14(20)3-2-4-15(17)21)19(25)22-13-7-5-12(6-8-13)9-10-24/h2-8,10H,9H2,1H3,(H,22,25). The van der Waals surface area contributed by atoms with Gasteiger partial charge in [0.15, 0.2) is 0 Å². The molecule has 0 bridgehead atoms. The molecular weight excluding hydrogens is 375 g/mol. The number of aryl methyl sites for hydroxylation is 1. The lowest BCUT2D eigenvalue weighted by Crippen LogP contribution is -2.13. The summed E-state index contributed by atoms with van der Waals surface area (Å²) in [5.74, 6) is -0.0380. The number of carbonyl (C=O) groups excluding carboxylic acids is 2. The van der Waals surface area contributed by atoms with Crippen LogP contribution < -0.4 is 5.32 Å². The van der Waals surface area contributed by atoms with Crippen LogP contribution in [-0.4, -0.2) is 17.4 Å². The molecule has 3 aromatic rings. The van der Waals surface area contributed by atoms with Crippen molar-refractivity contribution in [3.05, 3.63) is 69.4 Å². The summed E-state index contributed by atoms with van der Waals surface area (Å²) < 4.78 is 5.20. The molecule has 0 fully saturated rings. The first-order chi connectivity index (χ1) is 12.5. The van der Waals surface area contributed by atoms with Crippen LogP contribution in [-0.2, 0) is 11.2 Å². The third-order valence-corrected chi connectivity index (χ3v) is 4.45. The summed E-state index contributed by atoms with van der Waals surface area (Å²) in [7, 11) is 0. The molecule has 1 aromatic heterocycles. The quantitative estimate of drug-likeness (QED) is 0.627. The van der Waals surface area contributed by atoms with Crippen molar-refractivity contribution in [2.75, 3.05) is 5.32 Å². The molecule has 0 saturated heterocycles. The molecule has 1 amide bonds. The lowest BCUT2D eigenvalue weighted by atomic mass is 10.1. The van der Waals surface area contributed by atoms with E-state index in [0.29, 0.717) is 33.5 Å². The zero-order chi connectivity index (χ0) is 18.7. The van der Waals surface area contributed by atoms with Crippen molar-refractivity contribution in [3.8, 4) is 11.3 Å². The lowest BCUT2D eigenvalue weighted by molar-refractivity contribution is -0.107. The number of hydrogen-bond donors (Lipinski definition) is 1. The Morgan fingerprint density at radius 1 is 1.15 bits per heavy atom. The summed E-state index contributed by atoms with van der Waals surface area (Å²) >= 11 is 12.5. The molecule has 2 aromatic carbocycles. The molecule has 7 heteroatoms. The van der Waals surface area contributed by atoms with Crippen LogP contribution in [0.3, 0.4) is 0 Å². The minimum atomic E-state index is -0.391. The Kier molecular flexibility index (Phi) is 5.40. The van der Waals surface area contributed by atoms with E-state index in [2.05, 4.69) is 10.5 Å². The number of rotatable bonds is 5. The maximum atomic E-state index is 12.8. The predicted molar refractivity (Wildman–Crippen MR) is 101 cm³/mol. The van der Waals surface area contributed by atoms with Gasteiger partial charge < -0.3 is 14.6 Å². The average Bonchev–Trinajstić information content (AvgIpc) is 2.98. The number of nitrogens with zero attached hydrogens (tertiary/aromatic N) is 1. The normalized spacial score (nSPS) is 10.6. The molecule has 0 spiro atoms. The zero-order valence-electron chi connectivity index (χ0n) is 13.8. The smallest absolute Gasteiger partial charge is 0.261 e. The first-order valence-corrected chi connectivity index (χ1v) is 8.51. The van der Waals surface area contributed by atoms with Crippen molar-refractivity contribution in [2.45, 2.75) is 13.3 Å². The van der Waals surface area contributed by atoms with Gasteiger partial charge in [-0.3, -0.25) is 4.79 Å². The Balaban J connectivity index is 1.93. The summed E-state index contributed by atoms with van der Waals surface area (Å²) in [6, 6.07) is 12.0. The molecule has 1 heterocycles. The Labute approximate surface area is 159 Å². The molecule has 0 unspecified atom stereocenters. The van der Waals surface area contributed by atoms with Gasteiger partial charge in [-0.05, 0) is 36.8 Å². The number of amides is 1. The van der Waals surface area contributed by atoms with Crippen LogP contribution in [0.4, 0.5) is 5.69 Å². The molecule has 5 nitrogen and oxygen atoms in total. The van der Waals surface area contributed by atoms with Gasteiger partial charge in [-0.1, -0.05) is 46.6 Å². The summed E-state index contributed by atoms with van der Waals surface area (Å²) in [4.78, 5) is 23.3. The fourth-order valence-electron chi connectivity index (χ4n) is 2.55. The largest absolute Gasteiger partial charge is 0.360 e. The van der Waals surface area contributed by atoms with Gasteiger partial charge in [0, 0.05) is 17.7 Å². The number of carbonyl (C=O) groups is 2. The molecule has 1 N–H and O–H groups in total. The molecule has 0 radical (unpaired) electrons. The Bertz CT molecular complexity index is 945. The summed E-state index contributed by atoms with van der Waals surface area (Å²) in [5, 5.41) is 7.50. The maximum absolute atomic E-state index is 12.8. The predicted octanol–water partition coefficient (Wildman–Crippen LogP) is 4.95. The second-order valence-corrected chi connectivity index (χ2v) is 6.40. The van der Waals surface area contributed by atoms with E-state index in [-0.39, 0.29) is 11.3 Å². The minimum Gasteiger partial charge on any atom is -0.360 e. The Morgan fingerprint density at radius 3 is 2.42 bits per heavy atom. The zero-order valence-corrected chi connectivity index (χ0v) is 15.3. The average molecular weight is 389 g/mol. The highest BCUT2D eigenvalue weighted by molar-refractivity contribution is 6.39. The highest BCUT2D eigenvalue weighted by Gasteiger charge is 2.24. The molecule has 0 atom stereocenters. The van der Waals surface area contributed by atoms with E-state index in [1.54, 1.807) is 49.4 Å². The highest BCUT2D eigenvalue weighted by Crippen LogP contribution is 2.36. The molecule has 0 aliphatic heterocycles. The number of aromatic nitrogens is 1. The van der Waals surface area contributed by atoms with Crippen LogP contribution in [0.15, 0.2) is 47.0 Å². The van der Waals surface area contributed by atoms with Gasteiger partial charge in [-0.15, -0.1) is 0 Å². The third kappa shape index (κ3) is 3.64. The molecule has 0 saturated carbocycles. The topological polar surface area (TPSA) is 72.2 Å². The van der Waals surface area contributed by atoms with Crippen LogP contribution in [0.25, 0.3) is 11.3 Å². The number of halogens is 2. The van der Waals surface area contributed by atoms with Gasteiger partial charge in [-0.2, -0.15) is 0 Å². The molecule has 132 valence electrons. The van der Waals surface area contributed by atoms with Gasteiger partial charge in [0.05, 0.1) is 10.0 Å². The number of anilines is 1. The van der Waals surface area contributed by atoms with Crippen molar-refractivity contribution in [1.29, 1.82) is 0 Å². The fraction of sp³-hybridized carbons (Fsp3) is 0.105. The first kappa shape index (κ1) is 18.2. The van der Waals surface area contributed by atoms with Gasteiger partial charge >= 0.3 is 0 Å². The number of nitrogens with one attached hydrogen (secondary N) is 1. The van der Waals surface area contributed by atoms with Crippen LogP contribution in [0, 0.1) is 6.92 Å². The molecule has 0 aliphatic rings.